The first-order valence-corrected chi connectivity index (χ1v) is 8.50. The van der Waals surface area contributed by atoms with Crippen molar-refractivity contribution in [2.75, 3.05) is 14.1 Å². The van der Waals surface area contributed by atoms with Gasteiger partial charge >= 0.3 is 0 Å². The highest BCUT2D eigenvalue weighted by Gasteiger charge is 2.30. The van der Waals surface area contributed by atoms with Crippen LogP contribution in [0, 0.1) is 0 Å². The van der Waals surface area contributed by atoms with Gasteiger partial charge in [0.15, 0.2) is 0 Å². The first-order chi connectivity index (χ1) is 10.5. The van der Waals surface area contributed by atoms with Crippen molar-refractivity contribution < 1.29 is 9.00 Å². The Morgan fingerprint density at radius 1 is 0.909 bits per heavy atom. The van der Waals surface area contributed by atoms with Crippen LogP contribution in [0.15, 0.2) is 60.7 Å². The van der Waals surface area contributed by atoms with Gasteiger partial charge in [0.2, 0.25) is 5.91 Å². The number of hydrogen-bond donors (Lipinski definition) is 0. The van der Waals surface area contributed by atoms with Crippen LogP contribution in [0.5, 0.6) is 0 Å². The molecule has 0 N–H and O–H groups in total. The second-order valence-corrected chi connectivity index (χ2v) is 7.24. The Bertz CT molecular complexity index is 601. The number of rotatable bonds is 5. The Morgan fingerprint density at radius 2 is 1.32 bits per heavy atom. The van der Waals surface area contributed by atoms with Crippen LogP contribution < -0.4 is 0 Å². The maximum atomic E-state index is 13.1. The van der Waals surface area contributed by atoms with Gasteiger partial charge in [0.1, 0.15) is 5.25 Å². The van der Waals surface area contributed by atoms with E-state index in [-0.39, 0.29) is 11.2 Å². The summed E-state index contributed by atoms with van der Waals surface area (Å²) in [6.45, 7) is 1.73. The summed E-state index contributed by atoms with van der Waals surface area (Å²) < 4.78 is 13.1. The zero-order valence-electron chi connectivity index (χ0n) is 13.1. The first kappa shape index (κ1) is 16.4. The molecule has 0 radical (unpaired) electrons. The number of amides is 1. The van der Waals surface area contributed by atoms with Crippen molar-refractivity contribution in [2.24, 2.45) is 0 Å². The highest BCUT2D eigenvalue weighted by Crippen LogP contribution is 2.30. The SMILES string of the molecule is C[C@H](C(=O)N(C)C)[S@@](=O)C(c1ccccc1)c1ccccc1. The van der Waals surface area contributed by atoms with Gasteiger partial charge in [0, 0.05) is 24.9 Å². The summed E-state index contributed by atoms with van der Waals surface area (Å²) >= 11 is 0. The van der Waals surface area contributed by atoms with Crippen molar-refractivity contribution in [1.29, 1.82) is 0 Å². The van der Waals surface area contributed by atoms with Gasteiger partial charge in [-0.25, -0.2) is 0 Å². The fourth-order valence-corrected chi connectivity index (χ4v) is 4.05. The van der Waals surface area contributed by atoms with Crippen LogP contribution in [0.1, 0.15) is 23.3 Å². The third kappa shape index (κ3) is 3.63. The second-order valence-electron chi connectivity index (χ2n) is 5.40. The Hall–Kier alpha value is -1.94. The lowest BCUT2D eigenvalue weighted by Gasteiger charge is -2.23. The van der Waals surface area contributed by atoms with E-state index in [1.54, 1.807) is 21.0 Å². The predicted molar refractivity (Wildman–Crippen MR) is 91.0 cm³/mol. The molecule has 116 valence electrons. The second kappa shape index (κ2) is 7.36. The summed E-state index contributed by atoms with van der Waals surface area (Å²) in [5, 5.41) is -0.860. The van der Waals surface area contributed by atoms with Crippen LogP contribution in [0.2, 0.25) is 0 Å². The monoisotopic (exact) mass is 315 g/mol. The van der Waals surface area contributed by atoms with Gasteiger partial charge < -0.3 is 4.90 Å². The molecule has 2 rings (SSSR count). The Labute approximate surface area is 134 Å². The van der Waals surface area contributed by atoms with Crippen LogP contribution in [-0.2, 0) is 15.6 Å². The van der Waals surface area contributed by atoms with Gasteiger partial charge in [-0.05, 0) is 18.1 Å². The molecule has 0 aromatic heterocycles. The Kier molecular flexibility index (Phi) is 5.50. The fourth-order valence-electron chi connectivity index (χ4n) is 2.38. The zero-order chi connectivity index (χ0) is 16.1. The average molecular weight is 315 g/mol. The topological polar surface area (TPSA) is 37.4 Å². The molecule has 2 atom stereocenters. The average Bonchev–Trinajstić information content (AvgIpc) is 2.55. The molecule has 0 spiro atoms. The van der Waals surface area contributed by atoms with Crippen molar-refractivity contribution >= 4 is 16.7 Å². The van der Waals surface area contributed by atoms with E-state index in [1.807, 2.05) is 60.7 Å². The van der Waals surface area contributed by atoms with Crippen LogP contribution >= 0.6 is 0 Å². The molecule has 3 nitrogen and oxygen atoms in total. The van der Waals surface area contributed by atoms with Crippen molar-refractivity contribution in [1.82, 2.24) is 4.90 Å². The summed E-state index contributed by atoms with van der Waals surface area (Å²) in [6, 6.07) is 19.4. The lowest BCUT2D eigenvalue weighted by atomic mass is 10.0. The zero-order valence-corrected chi connectivity index (χ0v) is 13.9. The fraction of sp³-hybridized carbons (Fsp3) is 0.278. The van der Waals surface area contributed by atoms with Crippen LogP contribution in [0.3, 0.4) is 0 Å². The number of carbonyl (C=O) groups excluding carboxylic acids is 1. The lowest BCUT2D eigenvalue weighted by Crippen LogP contribution is -2.36. The molecule has 0 saturated heterocycles. The summed E-state index contributed by atoms with van der Waals surface area (Å²) in [6.07, 6.45) is 0. The van der Waals surface area contributed by atoms with Gasteiger partial charge in [0.05, 0.1) is 5.25 Å². The molecule has 0 heterocycles. The van der Waals surface area contributed by atoms with Crippen molar-refractivity contribution in [3.8, 4) is 0 Å². The van der Waals surface area contributed by atoms with E-state index in [9.17, 15) is 9.00 Å². The number of hydrogen-bond acceptors (Lipinski definition) is 2. The van der Waals surface area contributed by atoms with Crippen LogP contribution in [0.4, 0.5) is 0 Å². The quantitative estimate of drug-likeness (QED) is 0.850. The molecule has 22 heavy (non-hydrogen) atoms. The number of benzene rings is 2. The molecule has 0 fully saturated rings. The number of nitrogens with zero attached hydrogens (tertiary/aromatic N) is 1. The maximum absolute atomic E-state index is 13.1. The van der Waals surface area contributed by atoms with Crippen LogP contribution in [0.25, 0.3) is 0 Å². The third-order valence-corrected chi connectivity index (χ3v) is 5.48. The van der Waals surface area contributed by atoms with Gasteiger partial charge in [0.25, 0.3) is 0 Å². The molecule has 2 aromatic carbocycles. The maximum Gasteiger partial charge on any atom is 0.237 e. The standard InChI is InChI=1S/C18H21NO2S/c1-14(18(20)19(2)3)22(21)17(15-10-6-4-7-11-15)16-12-8-5-9-13-16/h4-14,17H,1-3H3/t14-,22-/m1/s1. The molecule has 0 bridgehead atoms. The smallest absolute Gasteiger partial charge is 0.237 e. The van der Waals surface area contributed by atoms with Gasteiger partial charge in [-0.1, -0.05) is 60.7 Å². The van der Waals surface area contributed by atoms with Crippen molar-refractivity contribution in [3.63, 3.8) is 0 Å². The largest absolute Gasteiger partial charge is 0.348 e. The summed E-state index contributed by atoms with van der Waals surface area (Å²) in [4.78, 5) is 13.7. The molecule has 0 aliphatic carbocycles. The van der Waals surface area contributed by atoms with Gasteiger partial charge in [-0.3, -0.25) is 9.00 Å². The predicted octanol–water partition coefficient (Wildman–Crippen LogP) is 3.00. The molecule has 4 heteroatoms. The van der Waals surface area contributed by atoms with E-state index in [0.29, 0.717) is 0 Å². The summed E-state index contributed by atoms with van der Waals surface area (Å²) in [5.74, 6) is -0.116. The normalized spacial score (nSPS) is 13.6. The molecule has 1 amide bonds. The minimum atomic E-state index is -1.35. The molecule has 0 aliphatic rings. The minimum Gasteiger partial charge on any atom is -0.348 e. The Balaban J connectivity index is 2.42. The van der Waals surface area contributed by atoms with E-state index < -0.39 is 16.0 Å². The molecule has 0 unspecified atom stereocenters. The van der Waals surface area contributed by atoms with E-state index in [4.69, 9.17) is 0 Å². The van der Waals surface area contributed by atoms with E-state index in [0.717, 1.165) is 11.1 Å². The van der Waals surface area contributed by atoms with E-state index in [2.05, 4.69) is 0 Å². The van der Waals surface area contributed by atoms with Crippen molar-refractivity contribution in [2.45, 2.75) is 17.4 Å². The lowest BCUT2D eigenvalue weighted by molar-refractivity contribution is -0.127. The molecule has 2 aromatic rings. The Morgan fingerprint density at radius 3 is 1.68 bits per heavy atom. The third-order valence-electron chi connectivity index (χ3n) is 3.57. The van der Waals surface area contributed by atoms with E-state index in [1.165, 1.54) is 4.90 Å². The van der Waals surface area contributed by atoms with Crippen molar-refractivity contribution in [3.05, 3.63) is 71.8 Å². The van der Waals surface area contributed by atoms with Gasteiger partial charge in [-0.2, -0.15) is 0 Å². The summed E-state index contributed by atoms with van der Waals surface area (Å²) in [5.41, 5.74) is 1.93. The summed E-state index contributed by atoms with van der Waals surface area (Å²) in [7, 11) is 2.03. The van der Waals surface area contributed by atoms with Gasteiger partial charge in [-0.15, -0.1) is 0 Å². The first-order valence-electron chi connectivity index (χ1n) is 7.22. The number of carbonyl (C=O) groups is 1. The minimum absolute atomic E-state index is 0.116. The molecule has 0 aliphatic heterocycles. The molecular weight excluding hydrogens is 294 g/mol. The highest BCUT2D eigenvalue weighted by atomic mass is 32.2. The molecule has 0 saturated carbocycles. The van der Waals surface area contributed by atoms with Crippen LogP contribution in [-0.4, -0.2) is 34.4 Å². The highest BCUT2D eigenvalue weighted by molar-refractivity contribution is 7.86. The molecular formula is C18H21NO2S. The van der Waals surface area contributed by atoms with E-state index >= 15 is 0 Å².